The number of rotatable bonds is 5. The van der Waals surface area contributed by atoms with Crippen molar-refractivity contribution in [3.05, 3.63) is 77.0 Å². The quantitative estimate of drug-likeness (QED) is 0.480. The minimum Gasteiger partial charge on any atom is -0.493 e. The van der Waals surface area contributed by atoms with Crippen LogP contribution in [0.15, 0.2) is 65.9 Å². The largest absolute Gasteiger partial charge is 0.493 e. The second kappa shape index (κ2) is 9.28. The third-order valence-corrected chi connectivity index (χ3v) is 7.20. The molecule has 37 heavy (non-hydrogen) atoms. The Labute approximate surface area is 215 Å². The fourth-order valence-corrected chi connectivity index (χ4v) is 5.41. The van der Waals surface area contributed by atoms with Gasteiger partial charge in [-0.3, -0.25) is 4.79 Å². The van der Waals surface area contributed by atoms with Gasteiger partial charge in [-0.1, -0.05) is 18.2 Å². The molecule has 3 aliphatic rings. The Hall–Kier alpha value is -4.33. The number of carbonyl (C=O) groups is 1. The van der Waals surface area contributed by atoms with Gasteiger partial charge in [-0.15, -0.1) is 0 Å². The Morgan fingerprint density at radius 3 is 2.27 bits per heavy atom. The highest BCUT2D eigenvalue weighted by atomic mass is 16.7. The van der Waals surface area contributed by atoms with Crippen LogP contribution in [0.4, 0.5) is 11.4 Å². The molecule has 6 rings (SSSR count). The summed E-state index contributed by atoms with van der Waals surface area (Å²) in [7, 11) is 4.77. The zero-order chi connectivity index (χ0) is 25.5. The van der Waals surface area contributed by atoms with Gasteiger partial charge in [0.1, 0.15) is 0 Å². The highest BCUT2D eigenvalue weighted by Gasteiger charge is 2.37. The van der Waals surface area contributed by atoms with Gasteiger partial charge in [0.15, 0.2) is 28.8 Å². The number of allylic oxidation sites excluding steroid dienone is 1. The number of ketones is 1. The van der Waals surface area contributed by atoms with Crippen molar-refractivity contribution in [3.63, 3.8) is 0 Å². The van der Waals surface area contributed by atoms with Crippen molar-refractivity contribution < 1.29 is 28.5 Å². The Kier molecular flexibility index (Phi) is 5.79. The summed E-state index contributed by atoms with van der Waals surface area (Å²) in [5.74, 6) is 3.09. The Balaban J connectivity index is 1.44. The van der Waals surface area contributed by atoms with Gasteiger partial charge in [0.25, 0.3) is 0 Å². The van der Waals surface area contributed by atoms with Gasteiger partial charge in [-0.2, -0.15) is 0 Å². The van der Waals surface area contributed by atoms with Crippen LogP contribution in [0.1, 0.15) is 35.9 Å². The number of anilines is 2. The van der Waals surface area contributed by atoms with Crippen molar-refractivity contribution in [2.24, 2.45) is 0 Å². The third-order valence-electron chi connectivity index (χ3n) is 7.20. The summed E-state index contributed by atoms with van der Waals surface area (Å²) in [6.45, 7) is 0.199. The van der Waals surface area contributed by atoms with Gasteiger partial charge >= 0.3 is 0 Å². The van der Waals surface area contributed by atoms with Crippen LogP contribution in [-0.2, 0) is 4.79 Å². The van der Waals surface area contributed by atoms with Crippen LogP contribution in [0.25, 0.3) is 0 Å². The molecule has 0 bridgehead atoms. The lowest BCUT2D eigenvalue weighted by molar-refractivity contribution is -0.116. The monoisotopic (exact) mass is 500 g/mol. The van der Waals surface area contributed by atoms with Crippen molar-refractivity contribution in [2.75, 3.05) is 38.8 Å². The standard InChI is InChI=1S/C29H28N2O6/c1-33-25-13-18(14-26(34-2)29(25)35-3)17-10-21-27(22(32)11-17)28(31-20-7-5-4-6-19(20)30-21)16-8-9-23-24(12-16)37-15-36-23/h4-9,12-14,17,28,30-31H,10-11,15H2,1-3H3/t17-,28-/m0/s1. The second-order valence-corrected chi connectivity index (χ2v) is 9.24. The molecule has 8 heteroatoms. The summed E-state index contributed by atoms with van der Waals surface area (Å²) in [5.41, 5.74) is 5.39. The maximum absolute atomic E-state index is 13.9. The Bertz CT molecular complexity index is 1390. The van der Waals surface area contributed by atoms with E-state index in [2.05, 4.69) is 10.6 Å². The SMILES string of the molecule is COc1cc([C@@H]2CC(=O)C3=C(C2)Nc2ccccc2N[C@H]3c2ccc3c(c2)OCO3)cc(OC)c1OC. The van der Waals surface area contributed by atoms with E-state index in [1.54, 1.807) is 21.3 Å². The lowest BCUT2D eigenvalue weighted by Gasteiger charge is -2.30. The molecule has 0 amide bonds. The number of Topliss-reactive ketones (excluding diaryl/α,β-unsaturated/α-hetero) is 1. The summed E-state index contributed by atoms with van der Waals surface area (Å²) in [6.07, 6.45) is 1.01. The van der Waals surface area contributed by atoms with Crippen LogP contribution in [0.5, 0.6) is 28.7 Å². The van der Waals surface area contributed by atoms with E-state index in [4.69, 9.17) is 23.7 Å². The van der Waals surface area contributed by atoms with Crippen LogP contribution >= 0.6 is 0 Å². The van der Waals surface area contributed by atoms with Crippen molar-refractivity contribution in [3.8, 4) is 28.7 Å². The van der Waals surface area contributed by atoms with E-state index in [1.807, 2.05) is 54.6 Å². The number of methoxy groups -OCH3 is 3. The van der Waals surface area contributed by atoms with E-state index in [9.17, 15) is 4.79 Å². The molecule has 3 aromatic carbocycles. The van der Waals surface area contributed by atoms with Crippen LogP contribution in [0.2, 0.25) is 0 Å². The lowest BCUT2D eigenvalue weighted by atomic mass is 9.78. The highest BCUT2D eigenvalue weighted by molar-refractivity contribution is 6.01. The number of benzene rings is 3. The van der Waals surface area contributed by atoms with Crippen LogP contribution < -0.4 is 34.3 Å². The summed E-state index contributed by atoms with van der Waals surface area (Å²) >= 11 is 0. The molecule has 3 aromatic rings. The van der Waals surface area contributed by atoms with E-state index >= 15 is 0 Å². The first-order valence-electron chi connectivity index (χ1n) is 12.2. The highest BCUT2D eigenvalue weighted by Crippen LogP contribution is 2.48. The number of carbonyl (C=O) groups excluding carboxylic acids is 1. The fraction of sp³-hybridized carbons (Fsp3) is 0.276. The molecular formula is C29H28N2O6. The van der Waals surface area contributed by atoms with Gasteiger partial charge in [-0.25, -0.2) is 0 Å². The molecular weight excluding hydrogens is 472 g/mol. The lowest BCUT2D eigenvalue weighted by Crippen LogP contribution is -2.27. The molecule has 2 atom stereocenters. The fourth-order valence-electron chi connectivity index (χ4n) is 5.41. The Morgan fingerprint density at radius 1 is 0.811 bits per heavy atom. The molecule has 0 saturated carbocycles. The van der Waals surface area contributed by atoms with E-state index in [0.717, 1.165) is 33.8 Å². The normalized spacial score (nSPS) is 19.7. The minimum absolute atomic E-state index is 0.0601. The summed E-state index contributed by atoms with van der Waals surface area (Å²) in [6, 6.07) is 17.4. The molecule has 0 spiro atoms. The third kappa shape index (κ3) is 3.98. The summed E-state index contributed by atoms with van der Waals surface area (Å²) < 4.78 is 27.8. The van der Waals surface area contributed by atoms with Crippen LogP contribution in [0, 0.1) is 0 Å². The predicted molar refractivity (Wildman–Crippen MR) is 139 cm³/mol. The van der Waals surface area contributed by atoms with Crippen molar-refractivity contribution in [2.45, 2.75) is 24.8 Å². The minimum atomic E-state index is -0.339. The Morgan fingerprint density at radius 2 is 1.54 bits per heavy atom. The van der Waals surface area contributed by atoms with Crippen LogP contribution in [0.3, 0.4) is 0 Å². The molecule has 0 fully saturated rings. The average Bonchev–Trinajstić information content (AvgIpc) is 3.32. The van der Waals surface area contributed by atoms with Gasteiger partial charge in [0.2, 0.25) is 12.5 Å². The van der Waals surface area contributed by atoms with E-state index in [1.165, 1.54) is 0 Å². The smallest absolute Gasteiger partial charge is 0.231 e. The van der Waals surface area contributed by atoms with Crippen molar-refractivity contribution in [1.82, 2.24) is 0 Å². The maximum atomic E-state index is 13.9. The predicted octanol–water partition coefficient (Wildman–Crippen LogP) is 5.42. The molecule has 190 valence electrons. The number of para-hydroxylation sites is 2. The van der Waals surface area contributed by atoms with E-state index in [0.29, 0.717) is 41.6 Å². The van der Waals surface area contributed by atoms with Gasteiger partial charge in [-0.05, 0) is 59.9 Å². The first-order chi connectivity index (χ1) is 18.1. The number of nitrogens with one attached hydrogen (secondary N) is 2. The zero-order valence-electron chi connectivity index (χ0n) is 20.9. The molecule has 2 aliphatic heterocycles. The van der Waals surface area contributed by atoms with Gasteiger partial charge in [0.05, 0.1) is 38.7 Å². The molecule has 0 radical (unpaired) electrons. The molecule has 0 saturated heterocycles. The number of ether oxygens (including phenoxy) is 5. The first kappa shape index (κ1) is 23.1. The topological polar surface area (TPSA) is 87.3 Å². The summed E-state index contributed by atoms with van der Waals surface area (Å²) in [5, 5.41) is 7.19. The molecule has 2 heterocycles. The van der Waals surface area contributed by atoms with E-state index in [-0.39, 0.29) is 24.5 Å². The first-order valence-corrected chi connectivity index (χ1v) is 12.2. The number of hydrogen-bond acceptors (Lipinski definition) is 8. The number of fused-ring (bicyclic) bond motifs is 2. The molecule has 1 aliphatic carbocycles. The van der Waals surface area contributed by atoms with Crippen LogP contribution in [-0.4, -0.2) is 33.9 Å². The van der Waals surface area contributed by atoms with Gasteiger partial charge < -0.3 is 34.3 Å². The molecule has 0 aromatic heterocycles. The second-order valence-electron chi connectivity index (χ2n) is 9.24. The number of hydrogen-bond donors (Lipinski definition) is 2. The average molecular weight is 501 g/mol. The maximum Gasteiger partial charge on any atom is 0.231 e. The summed E-state index contributed by atoms with van der Waals surface area (Å²) in [4.78, 5) is 13.9. The molecule has 8 nitrogen and oxygen atoms in total. The van der Waals surface area contributed by atoms with Gasteiger partial charge in [0, 0.05) is 17.7 Å². The van der Waals surface area contributed by atoms with E-state index < -0.39 is 0 Å². The zero-order valence-corrected chi connectivity index (χ0v) is 20.9. The van der Waals surface area contributed by atoms with Crippen molar-refractivity contribution >= 4 is 17.2 Å². The molecule has 0 unspecified atom stereocenters. The van der Waals surface area contributed by atoms with Crippen molar-refractivity contribution in [1.29, 1.82) is 0 Å². The molecule has 2 N–H and O–H groups in total.